The second kappa shape index (κ2) is 7.26. The number of para-hydroxylation sites is 2. The summed E-state index contributed by atoms with van der Waals surface area (Å²) in [6, 6.07) is 12.0. The number of anilines is 3. The Bertz CT molecular complexity index is 754. The van der Waals surface area contributed by atoms with E-state index in [1.165, 1.54) is 32.1 Å². The third kappa shape index (κ3) is 3.53. The van der Waals surface area contributed by atoms with Gasteiger partial charge in [-0.05, 0) is 30.5 Å². The van der Waals surface area contributed by atoms with Gasteiger partial charge in [0.2, 0.25) is 5.91 Å². The molecule has 25 heavy (non-hydrogen) atoms. The van der Waals surface area contributed by atoms with Gasteiger partial charge in [0.15, 0.2) is 0 Å². The molecule has 4 rings (SSSR count). The number of amides is 1. The van der Waals surface area contributed by atoms with Crippen molar-refractivity contribution in [3.63, 3.8) is 0 Å². The number of pyridine rings is 1. The van der Waals surface area contributed by atoms with E-state index in [4.69, 9.17) is 0 Å². The second-order valence-corrected chi connectivity index (χ2v) is 7.18. The molecule has 0 saturated heterocycles. The Morgan fingerprint density at radius 3 is 2.88 bits per heavy atom. The minimum Gasteiger partial charge on any atom is -0.338 e. The lowest BCUT2D eigenvalue weighted by Crippen LogP contribution is -2.29. The smallest absolute Gasteiger partial charge is 0.227 e. The maximum Gasteiger partial charge on any atom is 0.227 e. The Morgan fingerprint density at radius 2 is 2.04 bits per heavy atom. The van der Waals surface area contributed by atoms with Crippen LogP contribution in [0.15, 0.2) is 42.6 Å². The first-order chi connectivity index (χ1) is 12.3. The van der Waals surface area contributed by atoms with Crippen LogP contribution in [0.4, 0.5) is 17.2 Å². The van der Waals surface area contributed by atoms with E-state index in [1.54, 1.807) is 6.20 Å². The summed E-state index contributed by atoms with van der Waals surface area (Å²) in [6.07, 6.45) is 10.0. The molecule has 0 atom stereocenters. The van der Waals surface area contributed by atoms with Crippen LogP contribution in [0, 0.1) is 5.92 Å². The number of rotatable bonds is 5. The first kappa shape index (κ1) is 16.1. The van der Waals surface area contributed by atoms with E-state index < -0.39 is 0 Å². The van der Waals surface area contributed by atoms with E-state index in [-0.39, 0.29) is 5.91 Å². The van der Waals surface area contributed by atoms with Gasteiger partial charge in [0.1, 0.15) is 5.82 Å². The van der Waals surface area contributed by atoms with Crippen LogP contribution in [0.5, 0.6) is 0 Å². The lowest BCUT2D eigenvalue weighted by Gasteiger charge is -2.25. The van der Waals surface area contributed by atoms with Crippen LogP contribution in [0.2, 0.25) is 0 Å². The third-order valence-electron chi connectivity index (χ3n) is 5.45. The van der Waals surface area contributed by atoms with Gasteiger partial charge in [0, 0.05) is 18.2 Å². The fraction of sp³-hybridized carbons (Fsp3) is 0.429. The van der Waals surface area contributed by atoms with Crippen LogP contribution in [-0.4, -0.2) is 10.9 Å². The van der Waals surface area contributed by atoms with Gasteiger partial charge in [-0.3, -0.25) is 4.79 Å². The molecule has 1 fully saturated rings. The van der Waals surface area contributed by atoms with Gasteiger partial charge in [0.25, 0.3) is 0 Å². The fourth-order valence-corrected chi connectivity index (χ4v) is 3.72. The van der Waals surface area contributed by atoms with Crippen molar-refractivity contribution in [2.75, 3.05) is 10.2 Å². The van der Waals surface area contributed by atoms with E-state index in [1.807, 2.05) is 41.3 Å². The van der Waals surface area contributed by atoms with Crippen LogP contribution in [0.25, 0.3) is 0 Å². The molecule has 1 aliphatic heterocycles. The number of unbranched alkanes of at least 4 members (excludes halogenated alkanes) is 1. The molecule has 4 nitrogen and oxygen atoms in total. The average molecular weight is 335 g/mol. The number of carbonyl (C=O) groups excluding carboxylic acids is 1. The van der Waals surface area contributed by atoms with Gasteiger partial charge in [-0.2, -0.15) is 0 Å². The van der Waals surface area contributed by atoms with E-state index in [0.29, 0.717) is 13.0 Å². The zero-order valence-electron chi connectivity index (χ0n) is 14.6. The van der Waals surface area contributed by atoms with Crippen molar-refractivity contribution in [3.05, 3.63) is 48.2 Å². The van der Waals surface area contributed by atoms with E-state index in [9.17, 15) is 4.79 Å². The third-order valence-corrected chi connectivity index (χ3v) is 5.45. The monoisotopic (exact) mass is 335 g/mol. The Hall–Kier alpha value is -2.36. The second-order valence-electron chi connectivity index (χ2n) is 7.18. The molecular weight excluding hydrogens is 310 g/mol. The molecular formula is C21H25N3O. The topological polar surface area (TPSA) is 45.2 Å². The standard InChI is InChI=1S/C21H25N3O/c25-20(13-4-1-7-16-8-5-9-16)24-15-17-10-6-14-22-21(17)23-18-11-2-3-12-19(18)24/h2-3,6,10-12,14,16H,1,4-5,7-9,13,15H2,(H,22,23). The summed E-state index contributed by atoms with van der Waals surface area (Å²) in [5.41, 5.74) is 2.95. The highest BCUT2D eigenvalue weighted by Gasteiger charge is 2.24. The number of hydrogen-bond donors (Lipinski definition) is 1. The van der Waals surface area contributed by atoms with E-state index in [2.05, 4.69) is 10.3 Å². The Kier molecular flexibility index (Phi) is 4.68. The predicted octanol–water partition coefficient (Wildman–Crippen LogP) is 5.03. The van der Waals surface area contributed by atoms with Crippen LogP contribution in [0.1, 0.15) is 50.5 Å². The fourth-order valence-electron chi connectivity index (χ4n) is 3.72. The summed E-state index contributed by atoms with van der Waals surface area (Å²) >= 11 is 0. The number of nitrogens with zero attached hydrogens (tertiary/aromatic N) is 2. The van der Waals surface area contributed by atoms with Crippen molar-refractivity contribution in [2.24, 2.45) is 5.92 Å². The quantitative estimate of drug-likeness (QED) is 0.779. The molecule has 1 aromatic carbocycles. The van der Waals surface area contributed by atoms with Crippen molar-refractivity contribution in [3.8, 4) is 0 Å². The molecule has 0 unspecified atom stereocenters. The summed E-state index contributed by atoms with van der Waals surface area (Å²) in [6.45, 7) is 0.578. The largest absolute Gasteiger partial charge is 0.338 e. The van der Waals surface area contributed by atoms with Crippen molar-refractivity contribution in [1.82, 2.24) is 4.98 Å². The zero-order valence-corrected chi connectivity index (χ0v) is 14.6. The summed E-state index contributed by atoms with van der Waals surface area (Å²) < 4.78 is 0. The number of benzene rings is 1. The van der Waals surface area contributed by atoms with Crippen LogP contribution in [-0.2, 0) is 11.3 Å². The van der Waals surface area contributed by atoms with Crippen molar-refractivity contribution in [2.45, 2.75) is 51.5 Å². The normalized spacial score (nSPS) is 16.2. The summed E-state index contributed by atoms with van der Waals surface area (Å²) in [5.74, 6) is 1.98. The molecule has 1 saturated carbocycles. The minimum atomic E-state index is 0.208. The van der Waals surface area contributed by atoms with Gasteiger partial charge in [-0.15, -0.1) is 0 Å². The molecule has 4 heteroatoms. The molecule has 0 radical (unpaired) electrons. The lowest BCUT2D eigenvalue weighted by molar-refractivity contribution is -0.118. The van der Waals surface area contributed by atoms with Gasteiger partial charge >= 0.3 is 0 Å². The van der Waals surface area contributed by atoms with Gasteiger partial charge in [-0.1, -0.05) is 50.3 Å². The molecule has 1 N–H and O–H groups in total. The first-order valence-electron chi connectivity index (χ1n) is 9.41. The molecule has 2 aromatic rings. The highest BCUT2D eigenvalue weighted by Crippen LogP contribution is 2.35. The van der Waals surface area contributed by atoms with Crippen molar-refractivity contribution < 1.29 is 4.79 Å². The van der Waals surface area contributed by atoms with E-state index >= 15 is 0 Å². The van der Waals surface area contributed by atoms with Crippen LogP contribution >= 0.6 is 0 Å². The van der Waals surface area contributed by atoms with Gasteiger partial charge in [-0.25, -0.2) is 4.98 Å². The highest BCUT2D eigenvalue weighted by molar-refractivity contribution is 5.98. The average Bonchev–Trinajstić information content (AvgIpc) is 2.76. The molecule has 130 valence electrons. The van der Waals surface area contributed by atoms with Crippen molar-refractivity contribution >= 4 is 23.1 Å². The molecule has 2 aliphatic rings. The van der Waals surface area contributed by atoms with Gasteiger partial charge in [0.05, 0.1) is 17.9 Å². The maximum absolute atomic E-state index is 12.9. The molecule has 0 spiro atoms. The lowest BCUT2D eigenvalue weighted by atomic mass is 9.82. The Morgan fingerprint density at radius 1 is 1.16 bits per heavy atom. The first-order valence-corrected chi connectivity index (χ1v) is 9.41. The molecule has 1 aromatic heterocycles. The molecule has 2 heterocycles. The maximum atomic E-state index is 12.9. The molecule has 1 amide bonds. The van der Waals surface area contributed by atoms with Gasteiger partial charge < -0.3 is 10.2 Å². The number of fused-ring (bicyclic) bond motifs is 2. The Labute approximate surface area is 149 Å². The Balaban J connectivity index is 1.48. The molecule has 1 aliphatic carbocycles. The minimum absolute atomic E-state index is 0.208. The zero-order chi connectivity index (χ0) is 17.1. The molecule has 0 bridgehead atoms. The number of aromatic nitrogens is 1. The summed E-state index contributed by atoms with van der Waals surface area (Å²) in [4.78, 5) is 19.3. The highest BCUT2D eigenvalue weighted by atomic mass is 16.2. The predicted molar refractivity (Wildman–Crippen MR) is 101 cm³/mol. The summed E-state index contributed by atoms with van der Waals surface area (Å²) in [7, 11) is 0. The van der Waals surface area contributed by atoms with E-state index in [0.717, 1.165) is 35.1 Å². The van der Waals surface area contributed by atoms with Crippen LogP contribution < -0.4 is 10.2 Å². The van der Waals surface area contributed by atoms with Crippen molar-refractivity contribution in [1.29, 1.82) is 0 Å². The number of nitrogens with one attached hydrogen (secondary N) is 1. The summed E-state index contributed by atoms with van der Waals surface area (Å²) in [5, 5.41) is 3.38. The number of hydrogen-bond acceptors (Lipinski definition) is 3. The number of carbonyl (C=O) groups is 1. The SMILES string of the molecule is O=C(CCCCC1CCC1)N1Cc2cccnc2Nc2ccccc21. The van der Waals surface area contributed by atoms with Crippen LogP contribution in [0.3, 0.4) is 0 Å².